The molecule has 1 unspecified atom stereocenters. The van der Waals surface area contributed by atoms with Crippen LogP contribution in [-0.2, 0) is 4.79 Å². The number of hydrogen-bond acceptors (Lipinski definition) is 7. The number of ether oxygens (including phenoxy) is 2. The van der Waals surface area contributed by atoms with E-state index in [2.05, 4.69) is 20.8 Å². The van der Waals surface area contributed by atoms with Gasteiger partial charge >= 0.3 is 0 Å². The van der Waals surface area contributed by atoms with Crippen LogP contribution in [0.25, 0.3) is 5.69 Å². The molecule has 1 N–H and O–H groups in total. The second kappa shape index (κ2) is 9.23. The molecule has 28 heavy (non-hydrogen) atoms. The molecule has 2 aromatic carbocycles. The minimum Gasteiger partial charge on any atom is -0.496 e. The van der Waals surface area contributed by atoms with Gasteiger partial charge in [-0.25, -0.2) is 0 Å². The number of methoxy groups -OCH3 is 2. The minimum absolute atomic E-state index is 0.127. The van der Waals surface area contributed by atoms with E-state index < -0.39 is 0 Å². The van der Waals surface area contributed by atoms with Crippen LogP contribution in [0.15, 0.2) is 53.7 Å². The Hall–Kier alpha value is -3.07. The molecule has 8 nitrogen and oxygen atoms in total. The van der Waals surface area contributed by atoms with Gasteiger partial charge in [0.25, 0.3) is 0 Å². The van der Waals surface area contributed by atoms with Crippen molar-refractivity contribution in [2.24, 2.45) is 0 Å². The molecule has 0 radical (unpaired) electrons. The molecular weight excluding hydrogens is 378 g/mol. The van der Waals surface area contributed by atoms with Crippen LogP contribution in [0.5, 0.6) is 11.5 Å². The van der Waals surface area contributed by atoms with Gasteiger partial charge in [0.05, 0.1) is 26.0 Å². The summed E-state index contributed by atoms with van der Waals surface area (Å²) in [5.41, 5.74) is 1.63. The van der Waals surface area contributed by atoms with Gasteiger partial charge in [-0.15, -0.1) is 5.10 Å². The van der Waals surface area contributed by atoms with Crippen molar-refractivity contribution < 1.29 is 14.3 Å². The Morgan fingerprint density at radius 3 is 2.54 bits per heavy atom. The van der Waals surface area contributed by atoms with Crippen LogP contribution in [-0.4, -0.2) is 46.1 Å². The molecule has 1 amide bonds. The molecule has 0 spiro atoms. The molecule has 0 fully saturated rings. The average molecular weight is 399 g/mol. The fourth-order valence-electron chi connectivity index (χ4n) is 2.74. The van der Waals surface area contributed by atoms with Crippen molar-refractivity contribution in [2.75, 3.05) is 20.0 Å². The number of tetrazole rings is 1. The minimum atomic E-state index is -0.186. The monoisotopic (exact) mass is 399 g/mol. The molecule has 9 heteroatoms. The Balaban J connectivity index is 1.65. The first-order chi connectivity index (χ1) is 13.6. The fraction of sp³-hybridized carbons (Fsp3) is 0.263. The molecule has 0 bridgehead atoms. The van der Waals surface area contributed by atoms with Crippen molar-refractivity contribution >= 4 is 17.7 Å². The lowest BCUT2D eigenvalue weighted by Gasteiger charge is -2.17. The smallest absolute Gasteiger partial charge is 0.230 e. The van der Waals surface area contributed by atoms with E-state index in [1.165, 1.54) is 11.8 Å². The number of carbonyl (C=O) groups excluding carboxylic acids is 1. The van der Waals surface area contributed by atoms with Crippen LogP contribution in [0, 0.1) is 0 Å². The summed E-state index contributed by atoms with van der Waals surface area (Å²) in [5.74, 6) is 1.43. The lowest BCUT2D eigenvalue weighted by molar-refractivity contribution is -0.119. The van der Waals surface area contributed by atoms with E-state index in [9.17, 15) is 4.79 Å². The highest BCUT2D eigenvalue weighted by atomic mass is 32.2. The van der Waals surface area contributed by atoms with Crippen molar-refractivity contribution in [1.82, 2.24) is 25.5 Å². The number of benzene rings is 2. The maximum Gasteiger partial charge on any atom is 0.230 e. The summed E-state index contributed by atoms with van der Waals surface area (Å²) in [7, 11) is 3.20. The first-order valence-corrected chi connectivity index (χ1v) is 9.59. The Kier molecular flexibility index (Phi) is 6.49. The standard InChI is InChI=1S/C19H21N5O3S/c1-13(14-8-4-6-10-16(14)26-2)20-18(25)12-28-19-21-22-23-24(19)15-9-5-7-11-17(15)27-3/h4-11,13H,12H2,1-3H3,(H,20,25). The summed E-state index contributed by atoms with van der Waals surface area (Å²) in [6, 6.07) is 14.8. The van der Waals surface area contributed by atoms with Gasteiger partial charge in [-0.3, -0.25) is 4.79 Å². The van der Waals surface area contributed by atoms with Crippen LogP contribution < -0.4 is 14.8 Å². The van der Waals surface area contributed by atoms with Gasteiger partial charge in [0.15, 0.2) is 0 Å². The van der Waals surface area contributed by atoms with E-state index in [1.807, 2.05) is 55.5 Å². The summed E-state index contributed by atoms with van der Waals surface area (Å²) in [4.78, 5) is 12.4. The number of carbonyl (C=O) groups is 1. The second-order valence-electron chi connectivity index (χ2n) is 5.86. The number of amides is 1. The molecule has 3 aromatic rings. The van der Waals surface area contributed by atoms with E-state index in [0.717, 1.165) is 11.3 Å². The number of aromatic nitrogens is 4. The maximum atomic E-state index is 12.4. The van der Waals surface area contributed by atoms with E-state index in [0.29, 0.717) is 16.6 Å². The third-order valence-electron chi connectivity index (χ3n) is 4.07. The first-order valence-electron chi connectivity index (χ1n) is 8.61. The normalized spacial score (nSPS) is 11.7. The Bertz CT molecular complexity index is 947. The molecule has 0 saturated heterocycles. The number of hydrogen-bond donors (Lipinski definition) is 1. The van der Waals surface area contributed by atoms with Gasteiger partial charge < -0.3 is 14.8 Å². The molecule has 1 aromatic heterocycles. The van der Waals surface area contributed by atoms with E-state index in [1.54, 1.807) is 18.9 Å². The molecule has 3 rings (SSSR count). The number of nitrogens with one attached hydrogen (secondary N) is 1. The van der Waals surface area contributed by atoms with E-state index >= 15 is 0 Å². The fourth-order valence-corrected chi connectivity index (χ4v) is 3.43. The third kappa shape index (κ3) is 4.42. The topological polar surface area (TPSA) is 91.2 Å². The van der Waals surface area contributed by atoms with Crippen molar-refractivity contribution in [2.45, 2.75) is 18.1 Å². The van der Waals surface area contributed by atoms with E-state index in [4.69, 9.17) is 9.47 Å². The third-order valence-corrected chi connectivity index (χ3v) is 4.99. The van der Waals surface area contributed by atoms with Crippen LogP contribution in [0.4, 0.5) is 0 Å². The van der Waals surface area contributed by atoms with Gasteiger partial charge in [0, 0.05) is 5.56 Å². The summed E-state index contributed by atoms with van der Waals surface area (Å²) in [6.45, 7) is 1.92. The van der Waals surface area contributed by atoms with Crippen molar-refractivity contribution in [1.29, 1.82) is 0 Å². The van der Waals surface area contributed by atoms with Gasteiger partial charge in [0.1, 0.15) is 17.2 Å². The Morgan fingerprint density at radius 2 is 1.79 bits per heavy atom. The van der Waals surface area contributed by atoms with Crippen LogP contribution in [0.2, 0.25) is 0 Å². The highest BCUT2D eigenvalue weighted by Crippen LogP contribution is 2.26. The summed E-state index contributed by atoms with van der Waals surface area (Å²) >= 11 is 1.25. The predicted molar refractivity (Wildman–Crippen MR) is 106 cm³/mol. The first kappa shape index (κ1) is 19.7. The Morgan fingerprint density at radius 1 is 1.11 bits per heavy atom. The zero-order chi connectivity index (χ0) is 19.9. The molecule has 0 saturated carbocycles. The molecule has 146 valence electrons. The number of rotatable bonds is 8. The van der Waals surface area contributed by atoms with Crippen molar-refractivity contribution in [3.8, 4) is 17.2 Å². The van der Waals surface area contributed by atoms with Crippen LogP contribution in [0.3, 0.4) is 0 Å². The van der Waals surface area contributed by atoms with Crippen molar-refractivity contribution in [3.05, 3.63) is 54.1 Å². The molecule has 1 atom stereocenters. The molecule has 0 aliphatic heterocycles. The molecule has 0 aliphatic carbocycles. The lowest BCUT2D eigenvalue weighted by atomic mass is 10.1. The lowest BCUT2D eigenvalue weighted by Crippen LogP contribution is -2.28. The summed E-state index contributed by atoms with van der Waals surface area (Å²) < 4.78 is 12.3. The van der Waals surface area contributed by atoms with Gasteiger partial charge in [-0.2, -0.15) is 4.68 Å². The second-order valence-corrected chi connectivity index (χ2v) is 6.81. The number of para-hydroxylation sites is 3. The Labute approximate surface area is 167 Å². The zero-order valence-electron chi connectivity index (χ0n) is 15.8. The van der Waals surface area contributed by atoms with Crippen LogP contribution >= 0.6 is 11.8 Å². The largest absolute Gasteiger partial charge is 0.496 e. The quantitative estimate of drug-likeness (QED) is 0.582. The SMILES string of the molecule is COc1ccccc1C(C)NC(=O)CSc1nnnn1-c1ccccc1OC. The van der Waals surface area contributed by atoms with Crippen LogP contribution in [0.1, 0.15) is 18.5 Å². The van der Waals surface area contributed by atoms with Gasteiger partial charge in [-0.05, 0) is 35.5 Å². The number of thioether (sulfide) groups is 1. The predicted octanol–water partition coefficient (Wildman–Crippen LogP) is 2.65. The van der Waals surface area contributed by atoms with E-state index in [-0.39, 0.29) is 17.7 Å². The van der Waals surface area contributed by atoms with Crippen molar-refractivity contribution in [3.63, 3.8) is 0 Å². The maximum absolute atomic E-state index is 12.4. The summed E-state index contributed by atoms with van der Waals surface area (Å²) in [6.07, 6.45) is 0. The highest BCUT2D eigenvalue weighted by Gasteiger charge is 2.17. The van der Waals surface area contributed by atoms with Gasteiger partial charge in [-0.1, -0.05) is 42.1 Å². The number of nitrogens with zero attached hydrogens (tertiary/aromatic N) is 4. The summed E-state index contributed by atoms with van der Waals surface area (Å²) in [5, 5.41) is 15.2. The van der Waals surface area contributed by atoms with Gasteiger partial charge in [0.2, 0.25) is 11.1 Å². The average Bonchev–Trinajstić information content (AvgIpc) is 3.20. The molecule has 1 heterocycles. The zero-order valence-corrected chi connectivity index (χ0v) is 16.6. The molecular formula is C19H21N5O3S. The molecule has 0 aliphatic rings. The highest BCUT2D eigenvalue weighted by molar-refractivity contribution is 7.99.